The normalized spacial score (nSPS) is 13.1. The summed E-state index contributed by atoms with van der Waals surface area (Å²) in [4.78, 5) is 55.2. The van der Waals surface area contributed by atoms with Gasteiger partial charge in [0.25, 0.3) is 0 Å². The summed E-state index contributed by atoms with van der Waals surface area (Å²) in [6.07, 6.45) is 2.16. The Hall–Kier alpha value is -6.33. The fourth-order valence-electron chi connectivity index (χ4n) is 6.90. The lowest BCUT2D eigenvalue weighted by Gasteiger charge is -2.30. The van der Waals surface area contributed by atoms with Crippen LogP contribution in [0.25, 0.3) is 10.9 Å². The Labute approximate surface area is 376 Å². The van der Waals surface area contributed by atoms with Crippen molar-refractivity contribution in [2.75, 3.05) is 17.3 Å². The van der Waals surface area contributed by atoms with Crippen molar-refractivity contribution in [1.82, 2.24) is 25.3 Å². The van der Waals surface area contributed by atoms with Gasteiger partial charge in [0.1, 0.15) is 41.4 Å². The van der Waals surface area contributed by atoms with E-state index in [4.69, 9.17) is 37.8 Å². The minimum atomic E-state index is -0.993. The number of thiophene rings is 1. The van der Waals surface area contributed by atoms with Crippen molar-refractivity contribution < 1.29 is 29.1 Å². The molecule has 8 rings (SSSR count). The van der Waals surface area contributed by atoms with Crippen LogP contribution >= 0.6 is 50.5 Å². The number of rotatable bonds is 16. The fourth-order valence-corrected chi connectivity index (χ4v) is 8.42. The van der Waals surface area contributed by atoms with Crippen molar-refractivity contribution in [3.8, 4) is 11.6 Å². The number of fused-ring (bicyclic) bond motifs is 2. The van der Waals surface area contributed by atoms with Crippen molar-refractivity contribution in [2.45, 2.75) is 32.0 Å². The van der Waals surface area contributed by atoms with Gasteiger partial charge in [0.2, 0.25) is 11.8 Å². The van der Waals surface area contributed by atoms with Gasteiger partial charge in [0.05, 0.1) is 35.4 Å². The highest BCUT2D eigenvalue weighted by molar-refractivity contribution is 9.10. The average Bonchev–Trinajstić information content (AvgIpc) is 4.10. The smallest absolute Gasteiger partial charge is 0.336 e. The van der Waals surface area contributed by atoms with Gasteiger partial charge in [-0.15, -0.1) is 28.0 Å². The van der Waals surface area contributed by atoms with Gasteiger partial charge >= 0.3 is 5.97 Å². The van der Waals surface area contributed by atoms with E-state index in [9.17, 15) is 19.5 Å². The number of para-hydroxylation sites is 1. The number of benzene rings is 4. The number of carbonyl (C=O) groups excluding carboxylic acids is 3. The monoisotopic (exact) mass is 952 g/mol. The number of aromatic nitrogens is 4. The number of amides is 2. The number of halogens is 3. The van der Waals surface area contributed by atoms with Gasteiger partial charge in [-0.05, 0) is 65.9 Å². The van der Waals surface area contributed by atoms with Crippen molar-refractivity contribution >= 4 is 102 Å². The molecule has 0 fully saturated rings. The van der Waals surface area contributed by atoms with Crippen LogP contribution in [0, 0.1) is 0 Å². The first-order chi connectivity index (χ1) is 30.2. The summed E-state index contributed by atoms with van der Waals surface area (Å²) >= 11 is 17.6. The van der Waals surface area contributed by atoms with E-state index >= 15 is 0 Å². The molecule has 7 aromatic rings. The lowest BCUT2D eigenvalue weighted by Crippen LogP contribution is -2.44. The lowest BCUT2D eigenvalue weighted by molar-refractivity contribution is -0.144. The number of oxime groups is 1. The number of alkyl halides is 1. The summed E-state index contributed by atoms with van der Waals surface area (Å²) in [6.45, 7) is 0.493. The maximum atomic E-state index is 13.7. The number of H-pyrrole nitrogens is 1. The van der Waals surface area contributed by atoms with E-state index in [-0.39, 0.29) is 42.3 Å². The van der Waals surface area contributed by atoms with Crippen LogP contribution in [0.5, 0.6) is 11.6 Å². The van der Waals surface area contributed by atoms with Gasteiger partial charge in [-0.25, -0.2) is 9.79 Å². The van der Waals surface area contributed by atoms with E-state index in [1.165, 1.54) is 20.9 Å². The molecule has 4 heterocycles. The van der Waals surface area contributed by atoms with Crippen LogP contribution in [0.2, 0.25) is 5.02 Å². The number of nitrogens with one attached hydrogen (secondary N) is 2. The zero-order valence-electron chi connectivity index (χ0n) is 32.5. The highest BCUT2D eigenvalue weighted by atomic mass is 79.9. The van der Waals surface area contributed by atoms with Crippen LogP contribution in [0.1, 0.15) is 39.7 Å². The molecular weight excluding hydrogens is 919 g/mol. The Bertz CT molecular complexity index is 2830. The standard InChI is InChI=1S/C44H35BrCl2N8O6S/c45-27-12-14-31-34(21-27)49-41(39-30-9-4-5-10-33(30)50-43(39)58)40(31)52-61-38(57)17-19-54-24-28(51-53-54)25-60-35-15-13-29(22-32(35)47)55(37(56)23-46)42(36-11-6-20-62-36)44(59)48-18-16-26-7-2-1-3-8-26/h1-15,20-22,24,42,50,58H,16-19,23,25H2,(H,48,59)/b52-40+. The molecule has 3 aromatic heterocycles. The topological polar surface area (TPSA) is 176 Å². The molecule has 0 saturated heterocycles. The summed E-state index contributed by atoms with van der Waals surface area (Å²) in [5, 5.41) is 29.1. The third-order valence-corrected chi connectivity index (χ3v) is 11.7. The molecule has 4 aromatic carbocycles. The molecule has 0 spiro atoms. The number of hydrogen-bond donors (Lipinski definition) is 3. The number of ether oxygens (including phenoxy) is 1. The van der Waals surface area contributed by atoms with Gasteiger partial charge in [-0.1, -0.05) is 92.5 Å². The Morgan fingerprint density at radius 1 is 1.02 bits per heavy atom. The van der Waals surface area contributed by atoms with Crippen molar-refractivity contribution in [1.29, 1.82) is 0 Å². The Kier molecular flexibility index (Phi) is 13.1. The molecule has 3 N–H and O–H groups in total. The molecule has 0 radical (unpaired) electrons. The second kappa shape index (κ2) is 19.2. The molecule has 2 amide bonds. The van der Waals surface area contributed by atoms with Gasteiger partial charge in [-0.2, -0.15) is 0 Å². The largest absolute Gasteiger partial charge is 0.494 e. The summed E-state index contributed by atoms with van der Waals surface area (Å²) in [5.41, 5.74) is 4.94. The first-order valence-electron chi connectivity index (χ1n) is 19.2. The molecule has 1 aliphatic rings. The summed E-state index contributed by atoms with van der Waals surface area (Å²) < 4.78 is 8.25. The number of carbonyl (C=O) groups is 3. The zero-order valence-corrected chi connectivity index (χ0v) is 36.4. The van der Waals surface area contributed by atoms with Crippen molar-refractivity contribution in [3.05, 3.63) is 151 Å². The SMILES string of the molecule is O=C(CCn1cc(COc2ccc(N(C(=O)CCl)C(C(=O)NCCc3ccccc3)c3cccs3)cc2Cl)nn1)O/N=C1/C(c2c(O)[nH]c3ccccc23)=Nc2cc(Br)ccc21. The zero-order chi connectivity index (χ0) is 43.2. The van der Waals surface area contributed by atoms with Crippen LogP contribution < -0.4 is 15.0 Å². The first-order valence-corrected chi connectivity index (χ1v) is 21.8. The minimum absolute atomic E-state index is 0.0125. The molecule has 0 saturated carbocycles. The van der Waals surface area contributed by atoms with Gasteiger partial charge < -0.3 is 25.0 Å². The Morgan fingerprint density at radius 2 is 1.84 bits per heavy atom. The summed E-state index contributed by atoms with van der Waals surface area (Å²) in [6, 6.07) is 30.0. The predicted octanol–water partition coefficient (Wildman–Crippen LogP) is 8.67. The van der Waals surface area contributed by atoms with Gasteiger partial charge in [0.15, 0.2) is 5.88 Å². The highest BCUT2D eigenvalue weighted by Crippen LogP contribution is 2.38. The fraction of sp³-hybridized carbons (Fsp3) is 0.159. The number of aliphatic imine (C=N–C) groups is 1. The molecular formula is C44H35BrCl2N8O6S. The molecule has 18 heteroatoms. The van der Waals surface area contributed by atoms with Gasteiger partial charge in [0, 0.05) is 38.0 Å². The van der Waals surface area contributed by atoms with E-state index in [0.29, 0.717) is 68.7 Å². The van der Waals surface area contributed by atoms with Crippen LogP contribution in [0.15, 0.2) is 129 Å². The average molecular weight is 955 g/mol. The van der Waals surface area contributed by atoms with E-state index in [0.717, 1.165) is 15.4 Å². The number of aromatic amines is 1. The second-order valence-electron chi connectivity index (χ2n) is 13.9. The van der Waals surface area contributed by atoms with E-state index in [2.05, 4.69) is 41.7 Å². The molecule has 1 unspecified atom stereocenters. The molecule has 314 valence electrons. The van der Waals surface area contributed by atoms with E-state index in [1.807, 2.05) is 84.2 Å². The molecule has 0 aliphatic carbocycles. The molecule has 14 nitrogen and oxygen atoms in total. The Balaban J connectivity index is 0.898. The number of aromatic hydroxyl groups is 1. The Morgan fingerprint density at radius 3 is 2.63 bits per heavy atom. The predicted molar refractivity (Wildman–Crippen MR) is 242 cm³/mol. The van der Waals surface area contributed by atoms with Crippen LogP contribution in [-0.4, -0.2) is 66.7 Å². The summed E-state index contributed by atoms with van der Waals surface area (Å²) in [5.74, 6) is -1.61. The van der Waals surface area contributed by atoms with Gasteiger partial charge in [-0.3, -0.25) is 19.2 Å². The van der Waals surface area contributed by atoms with Crippen LogP contribution in [-0.2, 0) is 38.8 Å². The second-order valence-corrected chi connectivity index (χ2v) is 16.5. The lowest BCUT2D eigenvalue weighted by atomic mass is 10.0. The maximum absolute atomic E-state index is 13.7. The van der Waals surface area contributed by atoms with Crippen LogP contribution in [0.4, 0.5) is 11.4 Å². The molecule has 1 atom stereocenters. The minimum Gasteiger partial charge on any atom is -0.494 e. The third-order valence-electron chi connectivity index (χ3n) is 9.79. The quantitative estimate of drug-likeness (QED) is 0.0490. The number of anilines is 1. The van der Waals surface area contributed by atoms with Crippen molar-refractivity contribution in [2.24, 2.45) is 10.1 Å². The molecule has 62 heavy (non-hydrogen) atoms. The number of hydrogen-bond acceptors (Lipinski definition) is 11. The van der Waals surface area contributed by atoms with E-state index < -0.39 is 17.9 Å². The number of aryl methyl sites for hydroxylation is 1. The molecule has 0 bridgehead atoms. The van der Waals surface area contributed by atoms with Crippen LogP contribution in [0.3, 0.4) is 0 Å². The van der Waals surface area contributed by atoms with E-state index in [1.54, 1.807) is 30.5 Å². The third kappa shape index (κ3) is 9.43. The maximum Gasteiger partial charge on any atom is 0.336 e. The van der Waals surface area contributed by atoms with Crippen molar-refractivity contribution in [3.63, 3.8) is 0 Å². The first kappa shape index (κ1) is 42.4. The highest BCUT2D eigenvalue weighted by Gasteiger charge is 2.34. The summed E-state index contributed by atoms with van der Waals surface area (Å²) in [7, 11) is 0. The molecule has 1 aliphatic heterocycles. The number of nitrogens with zero attached hydrogens (tertiary/aromatic N) is 6.